The molecule has 0 fully saturated rings. The molecule has 2 rings (SSSR count). The summed E-state index contributed by atoms with van der Waals surface area (Å²) in [4.78, 5) is 11.3. The molecule has 0 unspecified atom stereocenters. The lowest BCUT2D eigenvalue weighted by Crippen LogP contribution is -2.11. The Morgan fingerprint density at radius 1 is 1.29 bits per heavy atom. The molecule has 3 nitrogen and oxygen atoms in total. The normalized spacial score (nSPS) is 15.1. The Bertz CT molecular complexity index is 393. The Labute approximate surface area is 98.5 Å². The summed E-state index contributed by atoms with van der Waals surface area (Å²) in [5.41, 5.74) is 1.76. The summed E-state index contributed by atoms with van der Waals surface area (Å²) in [6.07, 6.45) is 0.499. The van der Waals surface area contributed by atoms with Crippen molar-refractivity contribution in [1.29, 1.82) is 0 Å². The summed E-state index contributed by atoms with van der Waals surface area (Å²) < 4.78 is 1.86. The third kappa shape index (κ3) is 1.93. The number of carbonyl (C=O) groups excluding carboxylic acids is 1. The number of halogens is 2. The standard InChI is InChI=1S/C9H8Br2N2O/c10-5-3-6(11)9-7(4-5)12-2-1-8(14)13-9/h3-4,12H,1-2H2,(H,13,14). The van der Waals surface area contributed by atoms with Crippen molar-refractivity contribution >= 4 is 49.1 Å². The number of rotatable bonds is 0. The maximum Gasteiger partial charge on any atom is 0.226 e. The highest BCUT2D eigenvalue weighted by molar-refractivity contribution is 9.11. The minimum Gasteiger partial charge on any atom is -0.383 e. The molecule has 0 radical (unpaired) electrons. The molecule has 0 saturated carbocycles. The van der Waals surface area contributed by atoms with Crippen LogP contribution in [0, 0.1) is 0 Å². The van der Waals surface area contributed by atoms with E-state index in [9.17, 15) is 4.79 Å². The fourth-order valence-corrected chi connectivity index (χ4v) is 2.68. The number of hydrogen-bond donors (Lipinski definition) is 2. The van der Waals surface area contributed by atoms with E-state index in [1.54, 1.807) is 0 Å². The van der Waals surface area contributed by atoms with Gasteiger partial charge in [-0.1, -0.05) is 15.9 Å². The average molecular weight is 320 g/mol. The summed E-state index contributed by atoms with van der Waals surface area (Å²) in [5, 5.41) is 6.04. The van der Waals surface area contributed by atoms with Gasteiger partial charge in [-0.05, 0) is 28.1 Å². The molecule has 74 valence electrons. The van der Waals surface area contributed by atoms with Crippen LogP contribution in [0.4, 0.5) is 11.4 Å². The summed E-state index contributed by atoms with van der Waals surface area (Å²) >= 11 is 6.81. The predicted molar refractivity (Wildman–Crippen MR) is 63.6 cm³/mol. The lowest BCUT2D eigenvalue weighted by atomic mass is 10.2. The minimum atomic E-state index is 0.0410. The maximum atomic E-state index is 11.3. The third-order valence-corrected chi connectivity index (χ3v) is 3.07. The van der Waals surface area contributed by atoms with Crippen LogP contribution >= 0.6 is 31.9 Å². The molecule has 1 heterocycles. The lowest BCUT2D eigenvalue weighted by molar-refractivity contribution is -0.115. The molecule has 1 aromatic rings. The predicted octanol–water partition coefficient (Wildman–Crippen LogP) is 2.97. The molecule has 5 heteroatoms. The number of anilines is 2. The van der Waals surface area contributed by atoms with Gasteiger partial charge < -0.3 is 10.6 Å². The summed E-state index contributed by atoms with van der Waals surface area (Å²) in [6, 6.07) is 3.86. The van der Waals surface area contributed by atoms with Crippen molar-refractivity contribution < 1.29 is 4.79 Å². The van der Waals surface area contributed by atoms with Crippen LogP contribution in [0.3, 0.4) is 0 Å². The fourth-order valence-electron chi connectivity index (χ4n) is 1.35. The van der Waals surface area contributed by atoms with Gasteiger partial charge in [0.05, 0.1) is 11.4 Å². The van der Waals surface area contributed by atoms with Crippen LogP contribution in [-0.2, 0) is 4.79 Å². The highest BCUT2D eigenvalue weighted by atomic mass is 79.9. The minimum absolute atomic E-state index is 0.0410. The van der Waals surface area contributed by atoms with Crippen LogP contribution < -0.4 is 10.6 Å². The van der Waals surface area contributed by atoms with Crippen LogP contribution in [0.1, 0.15) is 6.42 Å². The van der Waals surface area contributed by atoms with E-state index in [4.69, 9.17) is 0 Å². The van der Waals surface area contributed by atoms with Crippen molar-refractivity contribution in [2.24, 2.45) is 0 Å². The van der Waals surface area contributed by atoms with Gasteiger partial charge in [-0.3, -0.25) is 4.79 Å². The number of benzene rings is 1. The molecule has 0 atom stereocenters. The Hall–Kier alpha value is -0.550. The van der Waals surface area contributed by atoms with E-state index in [-0.39, 0.29) is 5.91 Å². The first-order valence-corrected chi connectivity index (χ1v) is 5.78. The van der Waals surface area contributed by atoms with Gasteiger partial charge in [-0.25, -0.2) is 0 Å². The van der Waals surface area contributed by atoms with Gasteiger partial charge in [0.2, 0.25) is 5.91 Å². The first kappa shape index (κ1) is 9.98. The molecule has 0 aromatic heterocycles. The zero-order valence-corrected chi connectivity index (χ0v) is 10.4. The van der Waals surface area contributed by atoms with E-state index in [0.717, 1.165) is 20.3 Å². The highest BCUT2D eigenvalue weighted by Crippen LogP contribution is 2.35. The number of fused-ring (bicyclic) bond motifs is 1. The van der Waals surface area contributed by atoms with Gasteiger partial charge in [-0.15, -0.1) is 0 Å². The summed E-state index contributed by atoms with van der Waals surface area (Å²) in [6.45, 7) is 0.668. The fraction of sp³-hybridized carbons (Fsp3) is 0.222. The first-order valence-electron chi connectivity index (χ1n) is 4.19. The van der Waals surface area contributed by atoms with Crippen molar-refractivity contribution in [2.75, 3.05) is 17.2 Å². The Balaban J connectivity index is 2.50. The van der Waals surface area contributed by atoms with Gasteiger partial charge in [0, 0.05) is 21.9 Å². The maximum absolute atomic E-state index is 11.3. The molecule has 0 bridgehead atoms. The SMILES string of the molecule is O=C1CCNc2cc(Br)cc(Br)c2N1. The van der Waals surface area contributed by atoms with Crippen molar-refractivity contribution in [3.8, 4) is 0 Å². The monoisotopic (exact) mass is 318 g/mol. The average Bonchev–Trinajstić information content (AvgIpc) is 2.27. The second-order valence-corrected chi connectivity index (χ2v) is 4.81. The molecule has 0 aliphatic carbocycles. The van der Waals surface area contributed by atoms with E-state index in [1.807, 2.05) is 12.1 Å². The molecule has 0 spiro atoms. The molecule has 2 N–H and O–H groups in total. The van der Waals surface area contributed by atoms with Gasteiger partial charge in [0.1, 0.15) is 0 Å². The summed E-state index contributed by atoms with van der Waals surface area (Å²) in [5.74, 6) is 0.0410. The Morgan fingerprint density at radius 3 is 2.86 bits per heavy atom. The highest BCUT2D eigenvalue weighted by Gasteiger charge is 2.15. The topological polar surface area (TPSA) is 41.1 Å². The van der Waals surface area contributed by atoms with Crippen molar-refractivity contribution in [3.63, 3.8) is 0 Å². The zero-order valence-electron chi connectivity index (χ0n) is 7.23. The van der Waals surface area contributed by atoms with E-state index in [1.165, 1.54) is 0 Å². The molecule has 1 aromatic carbocycles. The van der Waals surface area contributed by atoms with Gasteiger partial charge in [0.15, 0.2) is 0 Å². The summed E-state index contributed by atoms with van der Waals surface area (Å²) in [7, 11) is 0. The lowest BCUT2D eigenvalue weighted by Gasteiger charge is -2.10. The van der Waals surface area contributed by atoms with E-state index in [2.05, 4.69) is 42.5 Å². The number of hydrogen-bond acceptors (Lipinski definition) is 2. The molecular weight excluding hydrogens is 312 g/mol. The number of amides is 1. The Morgan fingerprint density at radius 2 is 2.07 bits per heavy atom. The molecule has 14 heavy (non-hydrogen) atoms. The second kappa shape index (κ2) is 3.90. The van der Waals surface area contributed by atoms with Gasteiger partial charge in [-0.2, -0.15) is 0 Å². The van der Waals surface area contributed by atoms with Crippen LogP contribution in [0.2, 0.25) is 0 Å². The third-order valence-electron chi connectivity index (χ3n) is 1.99. The van der Waals surface area contributed by atoms with Crippen LogP contribution in [-0.4, -0.2) is 12.5 Å². The molecule has 1 amide bonds. The van der Waals surface area contributed by atoms with Gasteiger partial charge >= 0.3 is 0 Å². The smallest absolute Gasteiger partial charge is 0.226 e. The second-order valence-electron chi connectivity index (χ2n) is 3.04. The number of carbonyl (C=O) groups is 1. The van der Waals surface area contributed by atoms with E-state index < -0.39 is 0 Å². The van der Waals surface area contributed by atoms with Crippen LogP contribution in [0.15, 0.2) is 21.1 Å². The van der Waals surface area contributed by atoms with Crippen molar-refractivity contribution in [1.82, 2.24) is 0 Å². The van der Waals surface area contributed by atoms with Crippen molar-refractivity contribution in [2.45, 2.75) is 6.42 Å². The van der Waals surface area contributed by atoms with Crippen molar-refractivity contribution in [3.05, 3.63) is 21.1 Å². The zero-order chi connectivity index (χ0) is 10.1. The van der Waals surface area contributed by atoms with E-state index >= 15 is 0 Å². The van der Waals surface area contributed by atoms with Crippen LogP contribution in [0.25, 0.3) is 0 Å². The number of nitrogens with one attached hydrogen (secondary N) is 2. The quantitative estimate of drug-likeness (QED) is 0.772. The molecule has 1 aliphatic rings. The largest absolute Gasteiger partial charge is 0.383 e. The molecule has 1 aliphatic heterocycles. The molecule has 0 saturated heterocycles. The van der Waals surface area contributed by atoms with Gasteiger partial charge in [0.25, 0.3) is 0 Å². The Kier molecular flexibility index (Phi) is 2.78. The van der Waals surface area contributed by atoms with Crippen LogP contribution in [0.5, 0.6) is 0 Å². The van der Waals surface area contributed by atoms with E-state index in [0.29, 0.717) is 13.0 Å². The first-order chi connectivity index (χ1) is 6.66. The molecular formula is C9H8Br2N2O.